The van der Waals surface area contributed by atoms with Gasteiger partial charge in [-0.05, 0) is 24.7 Å². The van der Waals surface area contributed by atoms with E-state index in [-0.39, 0.29) is 12.2 Å². The molecule has 0 amide bonds. The Morgan fingerprint density at radius 2 is 2.26 bits per heavy atom. The van der Waals surface area contributed by atoms with Crippen molar-refractivity contribution in [2.45, 2.75) is 13.5 Å². The Labute approximate surface area is 115 Å². The van der Waals surface area contributed by atoms with Crippen LogP contribution in [0, 0.1) is 0 Å². The van der Waals surface area contributed by atoms with Crippen LogP contribution in [0.5, 0.6) is 0 Å². The molecule has 0 aliphatic heterocycles. The van der Waals surface area contributed by atoms with Gasteiger partial charge in [-0.3, -0.25) is 9.69 Å². The number of aliphatic hydroxyl groups excluding tert-OH is 1. The molecule has 0 spiro atoms. The summed E-state index contributed by atoms with van der Waals surface area (Å²) in [6, 6.07) is 5.06. The fraction of sp³-hybridized carbons (Fsp3) is 0.385. The van der Waals surface area contributed by atoms with Crippen LogP contribution < -0.4 is 5.56 Å². The zero-order valence-corrected chi connectivity index (χ0v) is 11.4. The van der Waals surface area contributed by atoms with Crippen molar-refractivity contribution in [1.29, 1.82) is 0 Å². The zero-order chi connectivity index (χ0) is 13.8. The van der Waals surface area contributed by atoms with Crippen molar-refractivity contribution in [3.8, 4) is 0 Å². The van der Waals surface area contributed by atoms with Crippen LogP contribution in [0.4, 0.5) is 0 Å². The summed E-state index contributed by atoms with van der Waals surface area (Å²) < 4.78 is 0. The maximum Gasteiger partial charge on any atom is 0.258 e. The van der Waals surface area contributed by atoms with Crippen molar-refractivity contribution >= 4 is 22.5 Å². The lowest BCUT2D eigenvalue weighted by Crippen LogP contribution is -2.28. The largest absolute Gasteiger partial charge is 0.395 e. The highest BCUT2D eigenvalue weighted by molar-refractivity contribution is 6.31. The first-order valence-electron chi connectivity index (χ1n) is 6.15. The Morgan fingerprint density at radius 3 is 2.95 bits per heavy atom. The van der Waals surface area contributed by atoms with Gasteiger partial charge in [-0.15, -0.1) is 0 Å². The normalized spacial score (nSPS) is 11.4. The Kier molecular flexibility index (Phi) is 4.52. The first-order chi connectivity index (χ1) is 9.13. The number of aliphatic hydroxyl groups is 1. The molecule has 19 heavy (non-hydrogen) atoms. The highest BCUT2D eigenvalue weighted by Gasteiger charge is 2.08. The summed E-state index contributed by atoms with van der Waals surface area (Å²) in [7, 11) is 0. The molecule has 0 aliphatic carbocycles. The Morgan fingerprint density at radius 1 is 1.47 bits per heavy atom. The average Bonchev–Trinajstić information content (AvgIpc) is 2.39. The molecule has 2 N–H and O–H groups in total. The van der Waals surface area contributed by atoms with E-state index in [1.807, 2.05) is 11.8 Å². The van der Waals surface area contributed by atoms with Gasteiger partial charge in [0.25, 0.3) is 5.56 Å². The number of aromatic amines is 1. The van der Waals surface area contributed by atoms with E-state index in [0.717, 1.165) is 6.54 Å². The van der Waals surface area contributed by atoms with E-state index < -0.39 is 0 Å². The van der Waals surface area contributed by atoms with Crippen LogP contribution >= 0.6 is 11.6 Å². The molecular formula is C13H16ClN3O2. The first kappa shape index (κ1) is 14.0. The molecule has 0 bridgehead atoms. The van der Waals surface area contributed by atoms with Crippen molar-refractivity contribution in [1.82, 2.24) is 14.9 Å². The summed E-state index contributed by atoms with van der Waals surface area (Å²) in [4.78, 5) is 21.1. The van der Waals surface area contributed by atoms with Gasteiger partial charge < -0.3 is 10.1 Å². The zero-order valence-electron chi connectivity index (χ0n) is 10.7. The molecule has 6 heteroatoms. The molecule has 0 unspecified atom stereocenters. The molecule has 0 aliphatic rings. The average molecular weight is 282 g/mol. The fourth-order valence-electron chi connectivity index (χ4n) is 1.94. The minimum Gasteiger partial charge on any atom is -0.395 e. The quantitative estimate of drug-likeness (QED) is 0.869. The van der Waals surface area contributed by atoms with Gasteiger partial charge >= 0.3 is 0 Å². The lowest BCUT2D eigenvalue weighted by Gasteiger charge is -2.18. The van der Waals surface area contributed by atoms with Gasteiger partial charge in [0.15, 0.2) is 0 Å². The molecule has 5 nitrogen and oxygen atoms in total. The van der Waals surface area contributed by atoms with E-state index in [1.54, 1.807) is 18.2 Å². The molecule has 2 rings (SSSR count). The van der Waals surface area contributed by atoms with Crippen LogP contribution in [-0.4, -0.2) is 39.7 Å². The highest BCUT2D eigenvalue weighted by Crippen LogP contribution is 2.14. The smallest absolute Gasteiger partial charge is 0.258 e. The SMILES string of the molecule is CCN(CCO)Cc1nc2ccc(Cl)cc2c(=O)[nH]1. The highest BCUT2D eigenvalue weighted by atomic mass is 35.5. The number of likely N-dealkylation sites (N-methyl/N-ethyl adjacent to an activating group) is 1. The second kappa shape index (κ2) is 6.14. The van der Waals surface area contributed by atoms with E-state index in [2.05, 4.69) is 9.97 Å². The topological polar surface area (TPSA) is 69.2 Å². The number of benzene rings is 1. The van der Waals surface area contributed by atoms with Crippen molar-refractivity contribution in [3.63, 3.8) is 0 Å². The van der Waals surface area contributed by atoms with Gasteiger partial charge in [0.1, 0.15) is 5.82 Å². The summed E-state index contributed by atoms with van der Waals surface area (Å²) in [5.41, 5.74) is 0.436. The molecule has 0 saturated heterocycles. The second-order valence-electron chi connectivity index (χ2n) is 4.27. The van der Waals surface area contributed by atoms with Gasteiger partial charge in [0.05, 0.1) is 24.1 Å². The van der Waals surface area contributed by atoms with E-state index >= 15 is 0 Å². The van der Waals surface area contributed by atoms with Gasteiger partial charge in [-0.25, -0.2) is 4.98 Å². The number of H-pyrrole nitrogens is 1. The molecule has 1 aromatic heterocycles. The van der Waals surface area contributed by atoms with Gasteiger partial charge in [-0.1, -0.05) is 18.5 Å². The van der Waals surface area contributed by atoms with Crippen molar-refractivity contribution in [2.24, 2.45) is 0 Å². The van der Waals surface area contributed by atoms with Crippen LogP contribution in [-0.2, 0) is 6.54 Å². The molecule has 1 heterocycles. The van der Waals surface area contributed by atoms with Crippen LogP contribution in [0.25, 0.3) is 10.9 Å². The van der Waals surface area contributed by atoms with E-state index in [0.29, 0.717) is 34.8 Å². The van der Waals surface area contributed by atoms with E-state index in [1.165, 1.54) is 0 Å². The standard InChI is InChI=1S/C13H16ClN3O2/c1-2-17(5-6-18)8-12-15-11-4-3-9(14)7-10(11)13(19)16-12/h3-4,7,18H,2,5-6,8H2,1H3,(H,15,16,19). The molecule has 0 saturated carbocycles. The first-order valence-corrected chi connectivity index (χ1v) is 6.53. The number of nitrogens with zero attached hydrogens (tertiary/aromatic N) is 2. The lowest BCUT2D eigenvalue weighted by molar-refractivity contribution is 0.194. The van der Waals surface area contributed by atoms with Crippen LogP contribution in [0.2, 0.25) is 5.02 Å². The number of nitrogens with one attached hydrogen (secondary N) is 1. The Hall–Kier alpha value is -1.43. The Balaban J connectivity index is 2.35. The van der Waals surface area contributed by atoms with Crippen LogP contribution in [0.15, 0.2) is 23.0 Å². The molecule has 0 fully saturated rings. The third-order valence-electron chi connectivity index (χ3n) is 2.95. The van der Waals surface area contributed by atoms with Crippen molar-refractivity contribution in [3.05, 3.63) is 39.4 Å². The summed E-state index contributed by atoms with van der Waals surface area (Å²) in [6.07, 6.45) is 0. The number of fused-ring (bicyclic) bond motifs is 1. The van der Waals surface area contributed by atoms with Gasteiger partial charge in [0, 0.05) is 11.6 Å². The predicted octanol–water partition coefficient (Wildman–Crippen LogP) is 1.39. The number of rotatable bonds is 5. The maximum absolute atomic E-state index is 12.0. The molecule has 102 valence electrons. The van der Waals surface area contributed by atoms with E-state index in [9.17, 15) is 4.79 Å². The Bertz CT molecular complexity index is 627. The minimum absolute atomic E-state index is 0.0846. The number of halogens is 1. The van der Waals surface area contributed by atoms with Crippen LogP contribution in [0.1, 0.15) is 12.7 Å². The number of aromatic nitrogens is 2. The molecule has 0 atom stereocenters. The van der Waals surface area contributed by atoms with E-state index in [4.69, 9.17) is 16.7 Å². The van der Waals surface area contributed by atoms with Gasteiger partial charge in [-0.2, -0.15) is 0 Å². The fourth-order valence-corrected chi connectivity index (χ4v) is 2.11. The molecular weight excluding hydrogens is 266 g/mol. The summed E-state index contributed by atoms with van der Waals surface area (Å²) in [6.45, 7) is 3.92. The monoisotopic (exact) mass is 281 g/mol. The summed E-state index contributed by atoms with van der Waals surface area (Å²) >= 11 is 5.86. The van der Waals surface area contributed by atoms with Crippen molar-refractivity contribution < 1.29 is 5.11 Å². The summed E-state index contributed by atoms with van der Waals surface area (Å²) in [5, 5.41) is 9.96. The van der Waals surface area contributed by atoms with Crippen molar-refractivity contribution in [2.75, 3.05) is 19.7 Å². The minimum atomic E-state index is -0.192. The van der Waals surface area contributed by atoms with Gasteiger partial charge in [0.2, 0.25) is 0 Å². The third-order valence-corrected chi connectivity index (χ3v) is 3.19. The molecule has 1 aromatic carbocycles. The summed E-state index contributed by atoms with van der Waals surface area (Å²) in [5.74, 6) is 0.593. The van der Waals surface area contributed by atoms with Crippen LogP contribution in [0.3, 0.4) is 0 Å². The second-order valence-corrected chi connectivity index (χ2v) is 4.70. The number of hydrogen-bond donors (Lipinski definition) is 2. The maximum atomic E-state index is 12.0. The lowest BCUT2D eigenvalue weighted by atomic mass is 10.2. The predicted molar refractivity (Wildman–Crippen MR) is 75.4 cm³/mol. The number of hydrogen-bond acceptors (Lipinski definition) is 4. The third kappa shape index (κ3) is 3.32. The molecule has 2 aromatic rings. The molecule has 0 radical (unpaired) electrons.